The minimum atomic E-state index is -0.107. The Hall–Kier alpha value is -1.25. The molecule has 1 aliphatic rings. The van der Waals surface area contributed by atoms with E-state index in [1.54, 1.807) is 19.3 Å². The van der Waals surface area contributed by atoms with Crippen LogP contribution in [-0.4, -0.2) is 12.9 Å². The molecule has 13 heavy (non-hydrogen) atoms. The number of Topliss-reactive ketones (excluding diaryl/α,β-unsaturated/α-hetero) is 1. The van der Waals surface area contributed by atoms with Gasteiger partial charge in [0.25, 0.3) is 0 Å². The molecular weight excluding hydrogens is 166 g/mol. The SMILES string of the molecule is COC1=CC=C(N)C(=O)C(C)C1C. The summed E-state index contributed by atoms with van der Waals surface area (Å²) in [4.78, 5) is 11.5. The zero-order chi connectivity index (χ0) is 10.0. The average Bonchev–Trinajstić information content (AvgIpc) is 2.22. The maximum atomic E-state index is 11.5. The van der Waals surface area contributed by atoms with E-state index in [9.17, 15) is 4.79 Å². The Morgan fingerprint density at radius 2 is 1.92 bits per heavy atom. The Balaban J connectivity index is 3.01. The second-order valence-electron chi connectivity index (χ2n) is 3.34. The molecule has 0 bridgehead atoms. The van der Waals surface area contributed by atoms with E-state index in [1.165, 1.54) is 0 Å². The van der Waals surface area contributed by atoms with Crippen molar-refractivity contribution in [2.45, 2.75) is 13.8 Å². The van der Waals surface area contributed by atoms with Crippen molar-refractivity contribution in [2.75, 3.05) is 7.11 Å². The topological polar surface area (TPSA) is 52.3 Å². The molecule has 3 heteroatoms. The molecule has 2 unspecified atom stereocenters. The van der Waals surface area contributed by atoms with Crippen LogP contribution in [0.1, 0.15) is 13.8 Å². The van der Waals surface area contributed by atoms with Crippen LogP contribution in [0, 0.1) is 11.8 Å². The standard InChI is InChI=1S/C10H15NO2/c1-6-7(2)10(12)8(11)4-5-9(6)13-3/h4-7H,11H2,1-3H3. The molecule has 0 amide bonds. The van der Waals surface area contributed by atoms with Gasteiger partial charge in [-0.05, 0) is 12.2 Å². The Kier molecular flexibility index (Phi) is 2.76. The predicted molar refractivity (Wildman–Crippen MR) is 50.7 cm³/mol. The van der Waals surface area contributed by atoms with Gasteiger partial charge in [-0.1, -0.05) is 13.8 Å². The first-order chi connectivity index (χ1) is 6.07. The second kappa shape index (κ2) is 3.64. The molecule has 2 N–H and O–H groups in total. The lowest BCUT2D eigenvalue weighted by Gasteiger charge is -2.18. The zero-order valence-corrected chi connectivity index (χ0v) is 8.20. The number of rotatable bonds is 1. The number of carbonyl (C=O) groups is 1. The van der Waals surface area contributed by atoms with Gasteiger partial charge >= 0.3 is 0 Å². The molecule has 0 saturated heterocycles. The van der Waals surface area contributed by atoms with Crippen LogP contribution < -0.4 is 5.73 Å². The average molecular weight is 181 g/mol. The summed E-state index contributed by atoms with van der Waals surface area (Å²) in [5.74, 6) is 0.789. The van der Waals surface area contributed by atoms with Gasteiger partial charge in [-0.15, -0.1) is 0 Å². The first kappa shape index (κ1) is 9.84. The number of ether oxygens (including phenoxy) is 1. The monoisotopic (exact) mass is 181 g/mol. The minimum Gasteiger partial charge on any atom is -0.501 e. The van der Waals surface area contributed by atoms with Crippen LogP contribution in [0.3, 0.4) is 0 Å². The van der Waals surface area contributed by atoms with Crippen LogP contribution in [0.25, 0.3) is 0 Å². The van der Waals surface area contributed by atoms with E-state index < -0.39 is 0 Å². The van der Waals surface area contributed by atoms with Crippen LogP contribution in [0.5, 0.6) is 0 Å². The Morgan fingerprint density at radius 3 is 2.46 bits per heavy atom. The fourth-order valence-corrected chi connectivity index (χ4v) is 1.40. The van der Waals surface area contributed by atoms with E-state index >= 15 is 0 Å². The summed E-state index contributed by atoms with van der Waals surface area (Å²) < 4.78 is 5.16. The molecular formula is C10H15NO2. The molecule has 0 aliphatic heterocycles. The van der Waals surface area contributed by atoms with Crippen LogP contribution in [0.4, 0.5) is 0 Å². The van der Waals surface area contributed by atoms with Crippen molar-refractivity contribution < 1.29 is 9.53 Å². The van der Waals surface area contributed by atoms with Crippen molar-refractivity contribution >= 4 is 5.78 Å². The molecule has 0 radical (unpaired) electrons. The highest BCUT2D eigenvalue weighted by atomic mass is 16.5. The number of hydrogen-bond acceptors (Lipinski definition) is 3. The third-order valence-corrected chi connectivity index (χ3v) is 2.56. The van der Waals surface area contributed by atoms with Crippen molar-refractivity contribution in [2.24, 2.45) is 17.6 Å². The van der Waals surface area contributed by atoms with Gasteiger partial charge in [-0.25, -0.2) is 0 Å². The van der Waals surface area contributed by atoms with Crippen molar-refractivity contribution in [1.82, 2.24) is 0 Å². The van der Waals surface area contributed by atoms with Gasteiger partial charge in [0, 0.05) is 11.8 Å². The van der Waals surface area contributed by atoms with Crippen LogP contribution in [0.15, 0.2) is 23.6 Å². The summed E-state index contributed by atoms with van der Waals surface area (Å²) >= 11 is 0. The molecule has 0 spiro atoms. The Labute approximate surface area is 78.3 Å². The first-order valence-corrected chi connectivity index (χ1v) is 4.33. The van der Waals surface area contributed by atoms with Gasteiger partial charge < -0.3 is 10.5 Å². The summed E-state index contributed by atoms with van der Waals surface area (Å²) in [5, 5.41) is 0. The molecule has 0 aromatic heterocycles. The van der Waals surface area contributed by atoms with Gasteiger partial charge in [0.15, 0.2) is 5.78 Å². The molecule has 1 aliphatic carbocycles. The van der Waals surface area contributed by atoms with Gasteiger partial charge in [0.05, 0.1) is 18.6 Å². The number of hydrogen-bond donors (Lipinski definition) is 1. The van der Waals surface area contributed by atoms with Crippen LogP contribution in [-0.2, 0) is 9.53 Å². The number of methoxy groups -OCH3 is 1. The smallest absolute Gasteiger partial charge is 0.181 e. The van der Waals surface area contributed by atoms with E-state index in [4.69, 9.17) is 10.5 Å². The van der Waals surface area contributed by atoms with Gasteiger partial charge in [-0.2, -0.15) is 0 Å². The molecule has 0 heterocycles. The quantitative estimate of drug-likeness (QED) is 0.661. The van der Waals surface area contributed by atoms with Crippen molar-refractivity contribution in [1.29, 1.82) is 0 Å². The third-order valence-electron chi connectivity index (χ3n) is 2.56. The minimum absolute atomic E-state index is 0.00389. The Morgan fingerprint density at radius 1 is 1.31 bits per heavy atom. The zero-order valence-electron chi connectivity index (χ0n) is 8.20. The molecule has 2 atom stereocenters. The van der Waals surface area contributed by atoms with Gasteiger partial charge in [0.1, 0.15) is 0 Å². The Bertz CT molecular complexity index is 277. The molecule has 0 aromatic rings. The van der Waals surface area contributed by atoms with E-state index in [1.807, 2.05) is 13.8 Å². The van der Waals surface area contributed by atoms with E-state index in [0.717, 1.165) is 5.76 Å². The second-order valence-corrected chi connectivity index (χ2v) is 3.34. The summed E-state index contributed by atoms with van der Waals surface area (Å²) in [6, 6.07) is 0. The van der Waals surface area contributed by atoms with Gasteiger partial charge in [0.2, 0.25) is 0 Å². The first-order valence-electron chi connectivity index (χ1n) is 4.33. The molecule has 0 fully saturated rings. The highest BCUT2D eigenvalue weighted by Crippen LogP contribution is 2.25. The normalized spacial score (nSPS) is 29.0. The summed E-state index contributed by atoms with van der Waals surface area (Å²) in [7, 11) is 1.61. The van der Waals surface area contributed by atoms with Crippen molar-refractivity contribution in [3.8, 4) is 0 Å². The summed E-state index contributed by atoms with van der Waals surface area (Å²) in [6.45, 7) is 3.83. The maximum Gasteiger partial charge on any atom is 0.181 e. The molecule has 1 rings (SSSR count). The van der Waals surface area contributed by atoms with E-state index in [-0.39, 0.29) is 17.6 Å². The lowest BCUT2D eigenvalue weighted by Crippen LogP contribution is -2.24. The summed E-state index contributed by atoms with van der Waals surface area (Å²) in [6.07, 6.45) is 3.38. The highest BCUT2D eigenvalue weighted by molar-refractivity contribution is 5.97. The number of carbonyl (C=O) groups excluding carboxylic acids is 1. The molecule has 0 aromatic carbocycles. The maximum absolute atomic E-state index is 11.5. The largest absolute Gasteiger partial charge is 0.501 e. The van der Waals surface area contributed by atoms with E-state index in [2.05, 4.69) is 0 Å². The molecule has 3 nitrogen and oxygen atoms in total. The number of allylic oxidation sites excluding steroid dienone is 4. The summed E-state index contributed by atoms with van der Waals surface area (Å²) in [5.41, 5.74) is 5.87. The fraction of sp³-hybridized carbons (Fsp3) is 0.500. The van der Waals surface area contributed by atoms with Crippen LogP contribution in [0.2, 0.25) is 0 Å². The highest BCUT2D eigenvalue weighted by Gasteiger charge is 2.27. The lowest BCUT2D eigenvalue weighted by atomic mass is 9.90. The predicted octanol–water partition coefficient (Wildman–Crippen LogP) is 1.21. The fourth-order valence-electron chi connectivity index (χ4n) is 1.40. The van der Waals surface area contributed by atoms with E-state index in [0.29, 0.717) is 5.70 Å². The van der Waals surface area contributed by atoms with Crippen molar-refractivity contribution in [3.05, 3.63) is 23.6 Å². The van der Waals surface area contributed by atoms with Crippen LogP contribution >= 0.6 is 0 Å². The molecule has 0 saturated carbocycles. The van der Waals surface area contributed by atoms with Crippen molar-refractivity contribution in [3.63, 3.8) is 0 Å². The number of ketones is 1. The molecule has 72 valence electrons. The number of nitrogens with two attached hydrogens (primary N) is 1. The van der Waals surface area contributed by atoms with Gasteiger partial charge in [-0.3, -0.25) is 4.79 Å². The third kappa shape index (κ3) is 1.74. The lowest BCUT2D eigenvalue weighted by molar-refractivity contribution is -0.120.